The molecule has 0 radical (unpaired) electrons. The van der Waals surface area contributed by atoms with Gasteiger partial charge in [-0.25, -0.2) is 8.42 Å². The summed E-state index contributed by atoms with van der Waals surface area (Å²) in [5.41, 5.74) is -0.373. The molecule has 1 N–H and O–H groups in total. The van der Waals surface area contributed by atoms with Crippen molar-refractivity contribution in [2.75, 3.05) is 13.1 Å². The van der Waals surface area contributed by atoms with E-state index in [0.717, 1.165) is 12.8 Å². The van der Waals surface area contributed by atoms with Crippen LogP contribution in [0.5, 0.6) is 0 Å². The second-order valence-corrected chi connectivity index (χ2v) is 7.30. The van der Waals surface area contributed by atoms with Crippen molar-refractivity contribution in [1.82, 2.24) is 9.46 Å². The van der Waals surface area contributed by atoms with E-state index in [9.17, 15) is 13.5 Å². The molecule has 1 aromatic heterocycles. The Morgan fingerprint density at radius 2 is 2.22 bits per heavy atom. The van der Waals surface area contributed by atoms with Crippen LogP contribution in [0, 0.1) is 12.8 Å². The fourth-order valence-electron chi connectivity index (χ4n) is 2.40. The van der Waals surface area contributed by atoms with Crippen molar-refractivity contribution in [2.45, 2.75) is 31.1 Å². The van der Waals surface area contributed by atoms with Gasteiger partial charge in [0.15, 0.2) is 0 Å². The van der Waals surface area contributed by atoms with Crippen LogP contribution in [0.1, 0.15) is 24.3 Å². The zero-order chi connectivity index (χ0) is 13.0. The first-order chi connectivity index (χ1) is 8.39. The van der Waals surface area contributed by atoms with E-state index in [1.807, 2.05) is 0 Å². The maximum absolute atomic E-state index is 12.1. The molecule has 1 aromatic rings. The summed E-state index contributed by atoms with van der Waals surface area (Å²) in [4.78, 5) is 0. The first-order valence-corrected chi connectivity index (χ1v) is 7.62. The summed E-state index contributed by atoms with van der Waals surface area (Å²) < 4.78 is 30.3. The molecule has 0 bridgehead atoms. The van der Waals surface area contributed by atoms with Gasteiger partial charge in [-0.15, -0.1) is 0 Å². The molecule has 2 fully saturated rings. The molecule has 1 aliphatic carbocycles. The van der Waals surface area contributed by atoms with Crippen molar-refractivity contribution in [3.63, 3.8) is 0 Å². The van der Waals surface area contributed by atoms with Gasteiger partial charge < -0.3 is 9.63 Å². The van der Waals surface area contributed by atoms with Gasteiger partial charge in [0, 0.05) is 19.2 Å². The van der Waals surface area contributed by atoms with Gasteiger partial charge in [0.05, 0.1) is 5.60 Å². The molecule has 2 aliphatic rings. The summed E-state index contributed by atoms with van der Waals surface area (Å²) in [6.45, 7) is 2.16. The second-order valence-electron chi connectivity index (χ2n) is 5.33. The van der Waals surface area contributed by atoms with Crippen LogP contribution >= 0.6 is 0 Å². The van der Waals surface area contributed by atoms with Crippen LogP contribution in [-0.4, -0.2) is 41.7 Å². The smallest absolute Gasteiger partial charge is 0.220 e. The number of aryl methyl sites for hydroxylation is 1. The van der Waals surface area contributed by atoms with Crippen molar-refractivity contribution in [3.8, 4) is 0 Å². The summed E-state index contributed by atoms with van der Waals surface area (Å²) in [5.74, 6) is 0.724. The van der Waals surface area contributed by atoms with E-state index in [1.54, 1.807) is 13.0 Å². The van der Waals surface area contributed by atoms with Crippen molar-refractivity contribution in [3.05, 3.63) is 17.5 Å². The molecule has 0 amide bonds. The van der Waals surface area contributed by atoms with Crippen molar-refractivity contribution >= 4 is 10.0 Å². The van der Waals surface area contributed by atoms with E-state index in [0.29, 0.717) is 17.4 Å². The van der Waals surface area contributed by atoms with Crippen molar-refractivity contribution in [1.29, 1.82) is 0 Å². The van der Waals surface area contributed by atoms with Crippen molar-refractivity contribution < 1.29 is 18.0 Å². The highest BCUT2D eigenvalue weighted by atomic mass is 32.2. The van der Waals surface area contributed by atoms with Gasteiger partial charge in [-0.2, -0.15) is 4.31 Å². The fourth-order valence-corrected chi connectivity index (χ4v) is 3.94. The molecule has 1 saturated heterocycles. The van der Waals surface area contributed by atoms with E-state index in [-0.39, 0.29) is 18.8 Å². The van der Waals surface area contributed by atoms with Gasteiger partial charge >= 0.3 is 0 Å². The summed E-state index contributed by atoms with van der Waals surface area (Å²) in [7, 11) is -3.39. The van der Waals surface area contributed by atoms with Gasteiger partial charge in [0.1, 0.15) is 17.2 Å². The highest BCUT2D eigenvalue weighted by molar-refractivity contribution is 7.88. The van der Waals surface area contributed by atoms with Crippen LogP contribution in [0.2, 0.25) is 0 Å². The SMILES string of the molecule is Cc1cc(CS(=O)(=O)N2CC(O)(C3CC3)C2)no1. The fraction of sp³-hybridized carbons (Fsp3) is 0.727. The minimum absolute atomic E-state index is 0.162. The number of sulfonamides is 1. The minimum atomic E-state index is -3.39. The standard InChI is InChI=1S/C11H16N2O4S/c1-8-4-10(12-17-8)5-18(15,16)13-6-11(14,7-13)9-2-3-9/h4,9,14H,2-3,5-7H2,1H3. The molecule has 0 unspecified atom stereocenters. The third-order valence-corrected chi connectivity index (χ3v) is 5.34. The maximum atomic E-state index is 12.1. The van der Waals surface area contributed by atoms with Crippen LogP contribution in [0.25, 0.3) is 0 Å². The Hall–Kier alpha value is -0.920. The summed E-state index contributed by atoms with van der Waals surface area (Å²) in [6.07, 6.45) is 2.01. The third kappa shape index (κ3) is 2.06. The Morgan fingerprint density at radius 1 is 1.56 bits per heavy atom. The molecule has 100 valence electrons. The Balaban J connectivity index is 1.65. The van der Waals surface area contributed by atoms with Crippen LogP contribution in [0.3, 0.4) is 0 Å². The van der Waals surface area contributed by atoms with Gasteiger partial charge in [-0.05, 0) is 25.7 Å². The van der Waals surface area contributed by atoms with Gasteiger partial charge in [0.2, 0.25) is 10.0 Å². The number of hydrogen-bond donors (Lipinski definition) is 1. The monoisotopic (exact) mass is 272 g/mol. The Morgan fingerprint density at radius 3 is 2.72 bits per heavy atom. The van der Waals surface area contributed by atoms with Gasteiger partial charge in [-0.3, -0.25) is 0 Å². The molecule has 18 heavy (non-hydrogen) atoms. The first kappa shape index (κ1) is 12.1. The normalized spacial score (nSPS) is 23.9. The molecule has 3 rings (SSSR count). The Kier molecular flexibility index (Phi) is 2.55. The molecular weight excluding hydrogens is 256 g/mol. The minimum Gasteiger partial charge on any atom is -0.387 e. The largest absolute Gasteiger partial charge is 0.387 e. The van der Waals surface area contributed by atoms with E-state index in [4.69, 9.17) is 4.52 Å². The number of aliphatic hydroxyl groups is 1. The zero-order valence-corrected chi connectivity index (χ0v) is 11.0. The number of nitrogens with zero attached hydrogens (tertiary/aromatic N) is 2. The van der Waals surface area contributed by atoms with E-state index >= 15 is 0 Å². The lowest BCUT2D eigenvalue weighted by Crippen LogP contribution is -2.64. The molecular formula is C11H16N2O4S. The predicted molar refractivity (Wildman–Crippen MR) is 63.1 cm³/mol. The maximum Gasteiger partial charge on any atom is 0.220 e. The van der Waals surface area contributed by atoms with Crippen LogP contribution in [0.4, 0.5) is 0 Å². The van der Waals surface area contributed by atoms with Crippen LogP contribution < -0.4 is 0 Å². The molecule has 0 spiro atoms. The third-order valence-electron chi connectivity index (χ3n) is 3.64. The predicted octanol–water partition coefficient (Wildman–Crippen LogP) is 0.270. The van der Waals surface area contributed by atoms with Gasteiger partial charge in [0.25, 0.3) is 0 Å². The Labute approximate surface area is 106 Å². The van der Waals surface area contributed by atoms with Crippen LogP contribution in [0.15, 0.2) is 10.6 Å². The Bertz CT molecular complexity index is 555. The summed E-state index contributed by atoms with van der Waals surface area (Å²) in [5, 5.41) is 13.8. The topological polar surface area (TPSA) is 83.6 Å². The van der Waals surface area contributed by atoms with E-state index in [1.165, 1.54) is 4.31 Å². The second kappa shape index (κ2) is 3.79. The number of rotatable bonds is 4. The lowest BCUT2D eigenvalue weighted by atomic mass is 9.91. The molecule has 1 aliphatic heterocycles. The lowest BCUT2D eigenvalue weighted by Gasteiger charge is -2.45. The molecule has 1 saturated carbocycles. The number of β-amino-alcohol motifs (C(OH)–C–C–N with tert-alkyl or cyclic N) is 1. The average Bonchev–Trinajstić information content (AvgIpc) is 2.99. The average molecular weight is 272 g/mol. The quantitative estimate of drug-likeness (QED) is 0.850. The highest BCUT2D eigenvalue weighted by Gasteiger charge is 2.55. The van der Waals surface area contributed by atoms with E-state index in [2.05, 4.69) is 5.16 Å². The first-order valence-electron chi connectivity index (χ1n) is 6.01. The molecule has 0 atom stereocenters. The van der Waals surface area contributed by atoms with Crippen LogP contribution in [-0.2, 0) is 15.8 Å². The molecule has 2 heterocycles. The number of aromatic nitrogens is 1. The molecule has 0 aromatic carbocycles. The molecule has 6 nitrogen and oxygen atoms in total. The molecule has 7 heteroatoms. The van der Waals surface area contributed by atoms with Crippen molar-refractivity contribution in [2.24, 2.45) is 5.92 Å². The summed E-state index contributed by atoms with van der Waals surface area (Å²) in [6, 6.07) is 1.62. The highest BCUT2D eigenvalue weighted by Crippen LogP contribution is 2.45. The zero-order valence-electron chi connectivity index (χ0n) is 10.2. The lowest BCUT2D eigenvalue weighted by molar-refractivity contribution is -0.0765. The summed E-state index contributed by atoms with van der Waals surface area (Å²) >= 11 is 0. The number of hydrogen-bond acceptors (Lipinski definition) is 5. The van der Waals surface area contributed by atoms with E-state index < -0.39 is 15.6 Å². The van der Waals surface area contributed by atoms with Gasteiger partial charge in [-0.1, -0.05) is 5.16 Å².